The standard InChI is InChI=1S/C15H14FN5S/c16-11-1-2-12-13(9-11)22-15(19-12)21-7-5-20(6-8-21)14-10-17-3-4-18-14/h1-4,9-10H,5-8H2. The van der Waals surface area contributed by atoms with Crippen molar-refractivity contribution in [1.82, 2.24) is 15.0 Å². The molecule has 0 amide bonds. The van der Waals surface area contributed by atoms with E-state index in [1.807, 2.05) is 0 Å². The highest BCUT2D eigenvalue weighted by atomic mass is 32.1. The van der Waals surface area contributed by atoms with Crippen LogP contribution in [0.1, 0.15) is 0 Å². The van der Waals surface area contributed by atoms with Gasteiger partial charge in [-0.05, 0) is 18.2 Å². The molecule has 1 aromatic carbocycles. The first-order valence-corrected chi connectivity index (χ1v) is 7.93. The van der Waals surface area contributed by atoms with Crippen LogP contribution in [-0.2, 0) is 0 Å². The molecule has 7 heteroatoms. The van der Waals surface area contributed by atoms with Gasteiger partial charge in [-0.2, -0.15) is 0 Å². The zero-order chi connectivity index (χ0) is 14.9. The summed E-state index contributed by atoms with van der Waals surface area (Å²) >= 11 is 1.54. The summed E-state index contributed by atoms with van der Waals surface area (Å²) in [4.78, 5) is 17.5. The number of thiazole rings is 1. The zero-order valence-electron chi connectivity index (χ0n) is 11.8. The Morgan fingerprint density at radius 3 is 2.64 bits per heavy atom. The van der Waals surface area contributed by atoms with Crippen molar-refractivity contribution < 1.29 is 4.39 Å². The van der Waals surface area contributed by atoms with Crippen molar-refractivity contribution in [1.29, 1.82) is 0 Å². The Balaban J connectivity index is 1.50. The number of benzene rings is 1. The van der Waals surface area contributed by atoms with Crippen LogP contribution in [-0.4, -0.2) is 41.1 Å². The van der Waals surface area contributed by atoms with E-state index < -0.39 is 0 Å². The summed E-state index contributed by atoms with van der Waals surface area (Å²) in [5, 5.41) is 0.958. The third-order valence-electron chi connectivity index (χ3n) is 3.76. The lowest BCUT2D eigenvalue weighted by atomic mass is 10.3. The molecule has 0 saturated carbocycles. The number of aromatic nitrogens is 3. The second-order valence-electron chi connectivity index (χ2n) is 5.15. The Morgan fingerprint density at radius 1 is 1.05 bits per heavy atom. The highest BCUT2D eigenvalue weighted by Crippen LogP contribution is 2.30. The normalized spacial score (nSPS) is 15.5. The number of hydrogen-bond acceptors (Lipinski definition) is 6. The average Bonchev–Trinajstić information content (AvgIpc) is 2.99. The number of fused-ring (bicyclic) bond motifs is 1. The van der Waals surface area contributed by atoms with Gasteiger partial charge in [0.15, 0.2) is 5.13 Å². The number of halogens is 1. The molecule has 0 atom stereocenters. The van der Waals surface area contributed by atoms with Gasteiger partial charge in [-0.25, -0.2) is 14.4 Å². The van der Waals surface area contributed by atoms with Crippen molar-refractivity contribution in [3.63, 3.8) is 0 Å². The lowest BCUT2D eigenvalue weighted by molar-refractivity contribution is 0.630. The van der Waals surface area contributed by atoms with Gasteiger partial charge in [-0.15, -0.1) is 0 Å². The summed E-state index contributed by atoms with van der Waals surface area (Å²) in [6, 6.07) is 4.74. The smallest absolute Gasteiger partial charge is 0.186 e. The molecule has 0 spiro atoms. The summed E-state index contributed by atoms with van der Waals surface area (Å²) in [5.41, 5.74) is 0.859. The highest BCUT2D eigenvalue weighted by Gasteiger charge is 2.20. The van der Waals surface area contributed by atoms with Crippen LogP contribution in [0, 0.1) is 5.82 Å². The first-order valence-electron chi connectivity index (χ1n) is 7.11. The quantitative estimate of drug-likeness (QED) is 0.727. The largest absolute Gasteiger partial charge is 0.352 e. The number of anilines is 2. The van der Waals surface area contributed by atoms with Gasteiger partial charge in [-0.3, -0.25) is 4.98 Å². The van der Waals surface area contributed by atoms with Crippen LogP contribution in [0.25, 0.3) is 10.2 Å². The fourth-order valence-corrected chi connectivity index (χ4v) is 3.65. The molecule has 3 heterocycles. The summed E-state index contributed by atoms with van der Waals surface area (Å²) in [6.45, 7) is 3.50. The van der Waals surface area contributed by atoms with Gasteiger partial charge in [-0.1, -0.05) is 11.3 Å². The minimum atomic E-state index is -0.213. The minimum Gasteiger partial charge on any atom is -0.352 e. The van der Waals surface area contributed by atoms with E-state index in [1.54, 1.807) is 42.1 Å². The fraction of sp³-hybridized carbons (Fsp3) is 0.267. The van der Waals surface area contributed by atoms with Gasteiger partial charge >= 0.3 is 0 Å². The zero-order valence-corrected chi connectivity index (χ0v) is 12.6. The lowest BCUT2D eigenvalue weighted by Gasteiger charge is -2.34. The Bertz CT molecular complexity index is 783. The molecule has 112 valence electrons. The van der Waals surface area contributed by atoms with E-state index in [0.717, 1.165) is 47.3 Å². The van der Waals surface area contributed by atoms with E-state index in [1.165, 1.54) is 6.07 Å². The Kier molecular flexibility index (Phi) is 3.34. The van der Waals surface area contributed by atoms with Crippen molar-refractivity contribution >= 4 is 32.5 Å². The van der Waals surface area contributed by atoms with Crippen molar-refractivity contribution in [2.24, 2.45) is 0 Å². The lowest BCUT2D eigenvalue weighted by Crippen LogP contribution is -2.46. The maximum atomic E-state index is 13.3. The summed E-state index contributed by atoms with van der Waals surface area (Å²) in [5.74, 6) is 0.698. The molecule has 5 nitrogen and oxygen atoms in total. The molecule has 22 heavy (non-hydrogen) atoms. The summed E-state index contributed by atoms with van der Waals surface area (Å²) < 4.78 is 14.2. The van der Waals surface area contributed by atoms with Gasteiger partial charge in [0.2, 0.25) is 0 Å². The molecule has 1 fully saturated rings. The van der Waals surface area contributed by atoms with Gasteiger partial charge in [0.05, 0.1) is 16.4 Å². The minimum absolute atomic E-state index is 0.213. The molecular weight excluding hydrogens is 301 g/mol. The maximum Gasteiger partial charge on any atom is 0.186 e. The van der Waals surface area contributed by atoms with E-state index >= 15 is 0 Å². The predicted octanol–water partition coefficient (Wildman–Crippen LogP) is 2.55. The molecule has 1 saturated heterocycles. The molecule has 0 unspecified atom stereocenters. The molecule has 4 rings (SSSR count). The molecular formula is C15H14FN5S. The number of piperazine rings is 1. The van der Waals surface area contributed by atoms with Crippen molar-refractivity contribution in [3.8, 4) is 0 Å². The highest BCUT2D eigenvalue weighted by molar-refractivity contribution is 7.22. The summed E-state index contributed by atoms with van der Waals surface area (Å²) in [6.07, 6.45) is 5.18. The second-order valence-corrected chi connectivity index (χ2v) is 6.16. The van der Waals surface area contributed by atoms with Gasteiger partial charge < -0.3 is 9.80 Å². The Hall–Kier alpha value is -2.28. The number of rotatable bonds is 2. The molecule has 2 aromatic heterocycles. The van der Waals surface area contributed by atoms with E-state index in [0.29, 0.717) is 0 Å². The predicted molar refractivity (Wildman–Crippen MR) is 86.0 cm³/mol. The molecule has 3 aromatic rings. The van der Waals surface area contributed by atoms with Crippen LogP contribution in [0.2, 0.25) is 0 Å². The molecule has 0 radical (unpaired) electrons. The third-order valence-corrected chi connectivity index (χ3v) is 4.84. The second kappa shape index (κ2) is 5.49. The van der Waals surface area contributed by atoms with E-state index in [2.05, 4.69) is 24.8 Å². The van der Waals surface area contributed by atoms with Crippen molar-refractivity contribution in [2.75, 3.05) is 36.0 Å². The topological polar surface area (TPSA) is 45.2 Å². The molecule has 0 bridgehead atoms. The van der Waals surface area contributed by atoms with Crippen molar-refractivity contribution in [2.45, 2.75) is 0 Å². The molecule has 1 aliphatic rings. The summed E-state index contributed by atoms with van der Waals surface area (Å²) in [7, 11) is 0. The van der Waals surface area contributed by atoms with Crippen LogP contribution in [0.5, 0.6) is 0 Å². The molecule has 0 N–H and O–H groups in total. The number of hydrogen-bond donors (Lipinski definition) is 0. The molecule has 1 aliphatic heterocycles. The van der Waals surface area contributed by atoms with Crippen LogP contribution in [0.3, 0.4) is 0 Å². The van der Waals surface area contributed by atoms with Gasteiger partial charge in [0.1, 0.15) is 11.6 Å². The van der Waals surface area contributed by atoms with Gasteiger partial charge in [0, 0.05) is 38.6 Å². The first-order chi connectivity index (χ1) is 10.8. The molecule has 0 aliphatic carbocycles. The van der Waals surface area contributed by atoms with Crippen LogP contribution >= 0.6 is 11.3 Å². The van der Waals surface area contributed by atoms with Crippen LogP contribution < -0.4 is 9.80 Å². The van der Waals surface area contributed by atoms with Crippen LogP contribution in [0.4, 0.5) is 15.3 Å². The third kappa shape index (κ3) is 2.48. The fourth-order valence-electron chi connectivity index (χ4n) is 2.60. The van der Waals surface area contributed by atoms with Gasteiger partial charge in [0.25, 0.3) is 0 Å². The number of nitrogens with zero attached hydrogens (tertiary/aromatic N) is 5. The van der Waals surface area contributed by atoms with E-state index in [4.69, 9.17) is 0 Å². The maximum absolute atomic E-state index is 13.3. The first kappa shape index (κ1) is 13.4. The monoisotopic (exact) mass is 315 g/mol. The Labute approximate surface area is 131 Å². The van der Waals surface area contributed by atoms with E-state index in [9.17, 15) is 4.39 Å². The Morgan fingerprint density at radius 2 is 1.86 bits per heavy atom. The van der Waals surface area contributed by atoms with Crippen LogP contribution in [0.15, 0.2) is 36.8 Å². The SMILES string of the molecule is Fc1ccc2nc(N3CCN(c4cnccn4)CC3)sc2c1. The van der Waals surface area contributed by atoms with E-state index in [-0.39, 0.29) is 5.82 Å². The van der Waals surface area contributed by atoms with Crippen molar-refractivity contribution in [3.05, 3.63) is 42.6 Å². The average molecular weight is 315 g/mol.